The van der Waals surface area contributed by atoms with Crippen LogP contribution in [0.15, 0.2) is 22.7 Å². The molecule has 0 radical (unpaired) electrons. The van der Waals surface area contributed by atoms with Gasteiger partial charge in [0, 0.05) is 16.9 Å². The molecule has 0 aliphatic heterocycles. The van der Waals surface area contributed by atoms with E-state index in [9.17, 15) is 4.79 Å². The summed E-state index contributed by atoms with van der Waals surface area (Å²) in [5, 5.41) is 9.18. The molecule has 5 heteroatoms. The normalized spacial score (nSPS) is 12.4. The fourth-order valence-corrected chi connectivity index (χ4v) is 1.92. The molecule has 0 bridgehead atoms. The van der Waals surface area contributed by atoms with Crippen molar-refractivity contribution in [2.24, 2.45) is 5.73 Å². The van der Waals surface area contributed by atoms with E-state index in [0.717, 1.165) is 10.0 Å². The highest BCUT2D eigenvalue weighted by molar-refractivity contribution is 9.10. The molecule has 1 aromatic rings. The smallest absolute Gasteiger partial charge is 0.303 e. The Kier molecular flexibility index (Phi) is 5.25. The molecule has 88 valence electrons. The lowest BCUT2D eigenvalue weighted by Gasteiger charge is -2.10. The van der Waals surface area contributed by atoms with E-state index >= 15 is 0 Å². The van der Waals surface area contributed by atoms with Gasteiger partial charge in [-0.25, -0.2) is 0 Å². The van der Waals surface area contributed by atoms with E-state index in [-0.39, 0.29) is 12.5 Å². The summed E-state index contributed by atoms with van der Waals surface area (Å²) in [6.07, 6.45) is 1.24. The molecule has 1 unspecified atom stereocenters. The van der Waals surface area contributed by atoms with Gasteiger partial charge < -0.3 is 10.8 Å². The number of halogens is 2. The van der Waals surface area contributed by atoms with Gasteiger partial charge in [0.1, 0.15) is 0 Å². The number of benzene rings is 1. The van der Waals surface area contributed by atoms with E-state index < -0.39 is 5.97 Å². The molecule has 1 rings (SSSR count). The van der Waals surface area contributed by atoms with Gasteiger partial charge in [0.05, 0.1) is 5.02 Å². The molecule has 0 aromatic heterocycles. The zero-order chi connectivity index (χ0) is 12.1. The Morgan fingerprint density at radius 1 is 1.56 bits per heavy atom. The second-order valence-corrected chi connectivity index (χ2v) is 4.91. The first-order valence-corrected chi connectivity index (χ1v) is 6.07. The minimum absolute atomic E-state index is 0.107. The van der Waals surface area contributed by atoms with Gasteiger partial charge in [-0.1, -0.05) is 17.7 Å². The Balaban J connectivity index is 2.52. The first-order chi connectivity index (χ1) is 7.49. The summed E-state index contributed by atoms with van der Waals surface area (Å²) in [6, 6.07) is 5.46. The van der Waals surface area contributed by atoms with Gasteiger partial charge in [0.25, 0.3) is 0 Å². The van der Waals surface area contributed by atoms with Crippen LogP contribution in [0.4, 0.5) is 0 Å². The number of hydrogen-bond donors (Lipinski definition) is 2. The third-order valence-corrected chi connectivity index (χ3v) is 3.42. The van der Waals surface area contributed by atoms with Crippen LogP contribution in [-0.2, 0) is 11.2 Å². The maximum atomic E-state index is 10.4. The molecule has 0 amide bonds. The van der Waals surface area contributed by atoms with E-state index in [1.165, 1.54) is 0 Å². The lowest BCUT2D eigenvalue weighted by molar-refractivity contribution is -0.137. The first kappa shape index (κ1) is 13.5. The average molecular weight is 307 g/mol. The molecule has 16 heavy (non-hydrogen) atoms. The van der Waals surface area contributed by atoms with Crippen LogP contribution in [0.25, 0.3) is 0 Å². The van der Waals surface area contributed by atoms with Gasteiger partial charge in [-0.3, -0.25) is 4.79 Å². The van der Waals surface area contributed by atoms with Crippen LogP contribution < -0.4 is 5.73 Å². The Morgan fingerprint density at radius 3 is 2.81 bits per heavy atom. The van der Waals surface area contributed by atoms with E-state index in [4.69, 9.17) is 22.4 Å². The highest BCUT2D eigenvalue weighted by Gasteiger charge is 2.08. The van der Waals surface area contributed by atoms with Gasteiger partial charge in [-0.2, -0.15) is 0 Å². The Hall–Kier alpha value is -0.580. The van der Waals surface area contributed by atoms with Gasteiger partial charge in [0.2, 0.25) is 0 Å². The third kappa shape index (κ3) is 4.51. The Morgan fingerprint density at radius 2 is 2.25 bits per heavy atom. The van der Waals surface area contributed by atoms with Crippen molar-refractivity contribution in [2.45, 2.75) is 25.3 Å². The summed E-state index contributed by atoms with van der Waals surface area (Å²) >= 11 is 9.20. The monoisotopic (exact) mass is 305 g/mol. The number of nitrogens with two attached hydrogens (primary N) is 1. The van der Waals surface area contributed by atoms with Crippen molar-refractivity contribution in [1.29, 1.82) is 0 Å². The number of hydrogen-bond acceptors (Lipinski definition) is 2. The number of carboxylic acids is 1. The zero-order valence-electron chi connectivity index (χ0n) is 8.62. The van der Waals surface area contributed by atoms with Crippen LogP contribution in [0.3, 0.4) is 0 Å². The minimum atomic E-state index is -0.812. The Bertz CT molecular complexity index is 384. The zero-order valence-corrected chi connectivity index (χ0v) is 11.0. The largest absolute Gasteiger partial charge is 0.481 e. The molecule has 1 atom stereocenters. The van der Waals surface area contributed by atoms with Gasteiger partial charge >= 0.3 is 5.97 Å². The van der Waals surface area contributed by atoms with Crippen molar-refractivity contribution < 1.29 is 9.90 Å². The summed E-state index contributed by atoms with van der Waals surface area (Å²) in [7, 11) is 0. The molecular formula is C11H13BrClNO2. The highest BCUT2D eigenvalue weighted by Crippen LogP contribution is 2.23. The summed E-state index contributed by atoms with van der Waals surface area (Å²) in [5.41, 5.74) is 6.88. The van der Waals surface area contributed by atoms with Crippen molar-refractivity contribution in [3.05, 3.63) is 33.3 Å². The maximum absolute atomic E-state index is 10.4. The van der Waals surface area contributed by atoms with Crippen molar-refractivity contribution in [3.63, 3.8) is 0 Å². The highest BCUT2D eigenvalue weighted by atomic mass is 79.9. The van der Waals surface area contributed by atoms with E-state index in [1.807, 2.05) is 12.1 Å². The average Bonchev–Trinajstić information content (AvgIpc) is 2.21. The van der Waals surface area contributed by atoms with Crippen molar-refractivity contribution in [2.75, 3.05) is 0 Å². The quantitative estimate of drug-likeness (QED) is 0.879. The Labute approximate surface area is 108 Å². The summed E-state index contributed by atoms with van der Waals surface area (Å²) in [5.74, 6) is -0.812. The number of rotatable bonds is 5. The fraction of sp³-hybridized carbons (Fsp3) is 0.364. The summed E-state index contributed by atoms with van der Waals surface area (Å²) in [4.78, 5) is 10.4. The predicted octanol–water partition coefficient (Wildman–Crippen LogP) is 2.84. The van der Waals surface area contributed by atoms with Crippen LogP contribution in [0.1, 0.15) is 18.4 Å². The molecule has 0 fully saturated rings. The first-order valence-electron chi connectivity index (χ1n) is 4.90. The fourth-order valence-electron chi connectivity index (χ4n) is 1.38. The number of aliphatic carboxylic acids is 1. The maximum Gasteiger partial charge on any atom is 0.303 e. The molecule has 0 saturated carbocycles. The van der Waals surface area contributed by atoms with E-state index in [0.29, 0.717) is 17.9 Å². The van der Waals surface area contributed by atoms with Crippen molar-refractivity contribution in [3.8, 4) is 0 Å². The van der Waals surface area contributed by atoms with Gasteiger partial charge in [-0.15, -0.1) is 0 Å². The van der Waals surface area contributed by atoms with Crippen LogP contribution in [0.2, 0.25) is 5.02 Å². The lowest BCUT2D eigenvalue weighted by atomic mass is 10.0. The second-order valence-electron chi connectivity index (χ2n) is 3.65. The molecule has 0 aliphatic rings. The minimum Gasteiger partial charge on any atom is -0.481 e. The molecular weight excluding hydrogens is 293 g/mol. The molecule has 0 saturated heterocycles. The standard InChI is InChI=1S/C11H13BrClNO2/c12-9-6-7(1-3-10(9)13)5-8(14)2-4-11(15)16/h1,3,6,8H,2,4-5,14H2,(H,15,16). The van der Waals surface area contributed by atoms with Crippen LogP contribution in [0, 0.1) is 0 Å². The molecule has 3 nitrogen and oxygen atoms in total. The molecule has 1 aromatic carbocycles. The SMILES string of the molecule is NC(CCC(=O)O)Cc1ccc(Cl)c(Br)c1. The number of carboxylic acid groups (broad SMARTS) is 1. The van der Waals surface area contributed by atoms with Gasteiger partial charge in [-0.05, 0) is 46.5 Å². The van der Waals surface area contributed by atoms with Crippen LogP contribution in [0.5, 0.6) is 0 Å². The predicted molar refractivity (Wildman–Crippen MR) is 67.7 cm³/mol. The molecule has 0 spiro atoms. The number of carbonyl (C=O) groups is 1. The van der Waals surface area contributed by atoms with E-state index in [1.54, 1.807) is 6.07 Å². The molecule has 3 N–H and O–H groups in total. The summed E-state index contributed by atoms with van der Waals surface area (Å²) < 4.78 is 0.831. The van der Waals surface area contributed by atoms with Crippen LogP contribution in [-0.4, -0.2) is 17.1 Å². The molecule has 0 aliphatic carbocycles. The van der Waals surface area contributed by atoms with Gasteiger partial charge in [0.15, 0.2) is 0 Å². The lowest BCUT2D eigenvalue weighted by Crippen LogP contribution is -2.23. The summed E-state index contributed by atoms with van der Waals surface area (Å²) in [6.45, 7) is 0. The van der Waals surface area contributed by atoms with E-state index in [2.05, 4.69) is 15.9 Å². The topological polar surface area (TPSA) is 63.3 Å². The second kappa shape index (κ2) is 6.23. The van der Waals surface area contributed by atoms with Crippen LogP contribution >= 0.6 is 27.5 Å². The van der Waals surface area contributed by atoms with Crippen molar-refractivity contribution >= 4 is 33.5 Å². The molecule has 0 heterocycles. The third-order valence-electron chi connectivity index (χ3n) is 2.21. The van der Waals surface area contributed by atoms with Crippen molar-refractivity contribution in [1.82, 2.24) is 0 Å².